The third kappa shape index (κ3) is 3.03. The van der Waals surface area contributed by atoms with Crippen LogP contribution < -0.4 is 10.1 Å². The first-order valence-electron chi connectivity index (χ1n) is 9.53. The summed E-state index contributed by atoms with van der Waals surface area (Å²) < 4.78 is 7.27. The Kier molecular flexibility index (Phi) is 4.53. The van der Waals surface area contributed by atoms with Crippen LogP contribution in [0.15, 0.2) is 30.5 Å². The summed E-state index contributed by atoms with van der Waals surface area (Å²) in [5, 5.41) is 16.3. The zero-order valence-electron chi connectivity index (χ0n) is 16.0. The molecule has 3 atom stereocenters. The van der Waals surface area contributed by atoms with Crippen LogP contribution in [-0.4, -0.2) is 27.7 Å². The minimum Gasteiger partial charge on any atom is -0.497 e. The van der Waals surface area contributed by atoms with E-state index in [0.717, 1.165) is 29.2 Å². The number of H-pyrrole nitrogens is 1. The molecular formula is C21H25N5O. The van der Waals surface area contributed by atoms with Crippen molar-refractivity contribution in [2.75, 3.05) is 12.4 Å². The van der Waals surface area contributed by atoms with E-state index in [0.29, 0.717) is 29.1 Å². The number of aromatic nitrogens is 3. The molecule has 3 aromatic rings. The molecule has 1 aromatic carbocycles. The first-order chi connectivity index (χ1) is 13.1. The molecule has 1 saturated carbocycles. The van der Waals surface area contributed by atoms with Crippen LogP contribution in [0.3, 0.4) is 0 Å². The van der Waals surface area contributed by atoms with Crippen molar-refractivity contribution in [3.05, 3.63) is 36.0 Å². The molecule has 0 amide bonds. The number of nitriles is 1. The number of nitrogens with zero attached hydrogens (tertiary/aromatic N) is 3. The molecule has 2 aromatic heterocycles. The van der Waals surface area contributed by atoms with Crippen LogP contribution >= 0.6 is 0 Å². The Bertz CT molecular complexity index is 996. The first-order valence-corrected chi connectivity index (χ1v) is 9.53. The van der Waals surface area contributed by atoms with Crippen LogP contribution in [0.1, 0.15) is 38.7 Å². The number of ether oxygens (including phenoxy) is 1. The van der Waals surface area contributed by atoms with Crippen LogP contribution in [0.25, 0.3) is 16.9 Å². The second-order valence-corrected chi connectivity index (χ2v) is 7.52. The largest absolute Gasteiger partial charge is 0.497 e. The number of rotatable bonds is 4. The van der Waals surface area contributed by atoms with Crippen LogP contribution in [0, 0.1) is 23.2 Å². The van der Waals surface area contributed by atoms with E-state index in [2.05, 4.69) is 30.3 Å². The van der Waals surface area contributed by atoms with Gasteiger partial charge in [-0.2, -0.15) is 5.26 Å². The van der Waals surface area contributed by atoms with E-state index in [1.54, 1.807) is 13.3 Å². The van der Waals surface area contributed by atoms with Crippen molar-refractivity contribution in [2.24, 2.45) is 11.8 Å². The molecule has 0 bridgehead atoms. The molecule has 1 aliphatic rings. The van der Waals surface area contributed by atoms with Crippen molar-refractivity contribution < 1.29 is 4.74 Å². The normalized spacial score (nSPS) is 22.5. The van der Waals surface area contributed by atoms with Gasteiger partial charge in [-0.1, -0.05) is 38.8 Å². The van der Waals surface area contributed by atoms with Gasteiger partial charge < -0.3 is 10.1 Å². The summed E-state index contributed by atoms with van der Waals surface area (Å²) in [6, 6.07) is 10.5. The average Bonchev–Trinajstić information content (AvgIpc) is 3.25. The fraction of sp³-hybridized carbons (Fsp3) is 0.429. The Morgan fingerprint density at radius 2 is 2.19 bits per heavy atom. The summed E-state index contributed by atoms with van der Waals surface area (Å²) in [5.74, 6) is 2.96. The van der Waals surface area contributed by atoms with E-state index >= 15 is 0 Å². The molecule has 27 heavy (non-hydrogen) atoms. The lowest BCUT2D eigenvalue weighted by Gasteiger charge is -2.35. The molecule has 1 fully saturated rings. The highest BCUT2D eigenvalue weighted by molar-refractivity contribution is 5.78. The molecule has 0 saturated heterocycles. The van der Waals surface area contributed by atoms with E-state index < -0.39 is 0 Å². The van der Waals surface area contributed by atoms with Crippen LogP contribution in [0.2, 0.25) is 0 Å². The molecule has 6 heteroatoms. The molecule has 0 unspecified atom stereocenters. The number of aromatic amines is 1. The fourth-order valence-corrected chi connectivity index (χ4v) is 4.07. The third-order valence-electron chi connectivity index (χ3n) is 5.95. The summed E-state index contributed by atoms with van der Waals surface area (Å²) in [6.45, 7) is 4.65. The fourth-order valence-electron chi connectivity index (χ4n) is 4.07. The maximum atomic E-state index is 9.41. The number of nitrogens with one attached hydrogen (secondary N) is 2. The van der Waals surface area contributed by atoms with Crippen molar-refractivity contribution in [1.82, 2.24) is 14.6 Å². The number of hydrogen-bond donors (Lipinski definition) is 2. The van der Waals surface area contributed by atoms with E-state index in [1.807, 2.05) is 28.8 Å². The smallest absolute Gasteiger partial charge is 0.173 e. The molecule has 0 radical (unpaired) electrons. The summed E-state index contributed by atoms with van der Waals surface area (Å²) in [5.41, 5.74) is 2.99. The Labute approximate surface area is 159 Å². The van der Waals surface area contributed by atoms with Gasteiger partial charge in [-0.25, -0.2) is 9.50 Å². The van der Waals surface area contributed by atoms with Gasteiger partial charge in [0.25, 0.3) is 0 Å². The molecule has 6 nitrogen and oxygen atoms in total. The number of hydrogen-bond acceptors (Lipinski definition) is 4. The summed E-state index contributed by atoms with van der Waals surface area (Å²) in [7, 11) is 1.66. The van der Waals surface area contributed by atoms with Gasteiger partial charge in [0.05, 0.1) is 7.11 Å². The number of anilines is 1. The van der Waals surface area contributed by atoms with Crippen molar-refractivity contribution in [2.45, 2.75) is 39.2 Å². The number of methoxy groups -OCH3 is 1. The summed E-state index contributed by atoms with van der Waals surface area (Å²) in [4.78, 5) is 4.79. The van der Waals surface area contributed by atoms with Crippen LogP contribution in [-0.2, 0) is 0 Å². The topological polar surface area (TPSA) is 78.1 Å². The third-order valence-corrected chi connectivity index (χ3v) is 5.95. The van der Waals surface area contributed by atoms with Gasteiger partial charge >= 0.3 is 0 Å². The SMILES string of the molecule is COc1cccc(-c2nc3c(C#N)c[nH]n3c2N[C@@H]2CCC[C@H](C)[C@@H]2C)c1. The Hall–Kier alpha value is -2.94. The highest BCUT2D eigenvalue weighted by Gasteiger charge is 2.29. The minimum absolute atomic E-state index is 0.381. The maximum Gasteiger partial charge on any atom is 0.173 e. The molecule has 0 spiro atoms. The molecule has 0 aliphatic heterocycles. The molecule has 2 N–H and O–H groups in total. The monoisotopic (exact) mass is 363 g/mol. The molecule has 2 heterocycles. The second-order valence-electron chi connectivity index (χ2n) is 7.52. The zero-order valence-corrected chi connectivity index (χ0v) is 16.0. The Morgan fingerprint density at radius 3 is 2.96 bits per heavy atom. The molecule has 4 rings (SSSR count). The molecule has 140 valence electrons. The van der Waals surface area contributed by atoms with Crippen LogP contribution in [0.5, 0.6) is 5.75 Å². The number of fused-ring (bicyclic) bond motifs is 1. The predicted molar refractivity (Wildman–Crippen MR) is 106 cm³/mol. The van der Waals surface area contributed by atoms with Gasteiger partial charge in [-0.3, -0.25) is 5.10 Å². The van der Waals surface area contributed by atoms with E-state index in [4.69, 9.17) is 9.72 Å². The van der Waals surface area contributed by atoms with Crippen LogP contribution in [0.4, 0.5) is 5.82 Å². The van der Waals surface area contributed by atoms with Gasteiger partial charge in [-0.05, 0) is 30.4 Å². The van der Waals surface area contributed by atoms with Crippen molar-refractivity contribution in [3.63, 3.8) is 0 Å². The lowest BCUT2D eigenvalue weighted by atomic mass is 9.78. The average molecular weight is 363 g/mol. The lowest BCUT2D eigenvalue weighted by molar-refractivity contribution is 0.252. The van der Waals surface area contributed by atoms with Gasteiger partial charge in [0.1, 0.15) is 23.1 Å². The van der Waals surface area contributed by atoms with Gasteiger partial charge in [0, 0.05) is 17.8 Å². The number of benzene rings is 1. The zero-order chi connectivity index (χ0) is 19.0. The van der Waals surface area contributed by atoms with Gasteiger partial charge in [-0.15, -0.1) is 0 Å². The highest BCUT2D eigenvalue weighted by atomic mass is 16.5. The van der Waals surface area contributed by atoms with Crippen molar-refractivity contribution in [3.8, 4) is 23.1 Å². The number of imidazole rings is 1. The van der Waals surface area contributed by atoms with E-state index in [1.165, 1.54) is 12.8 Å². The van der Waals surface area contributed by atoms with E-state index in [-0.39, 0.29) is 0 Å². The highest BCUT2D eigenvalue weighted by Crippen LogP contribution is 2.36. The van der Waals surface area contributed by atoms with E-state index in [9.17, 15) is 5.26 Å². The first kappa shape index (κ1) is 17.5. The lowest BCUT2D eigenvalue weighted by Crippen LogP contribution is -2.35. The van der Waals surface area contributed by atoms with Gasteiger partial charge in [0.2, 0.25) is 0 Å². The summed E-state index contributed by atoms with van der Waals surface area (Å²) in [6.07, 6.45) is 5.36. The molecule has 1 aliphatic carbocycles. The van der Waals surface area contributed by atoms with Crippen molar-refractivity contribution >= 4 is 11.5 Å². The maximum absolute atomic E-state index is 9.41. The Balaban J connectivity index is 1.82. The molecular weight excluding hydrogens is 338 g/mol. The standard InChI is InChI=1S/C21H25N5O/c1-13-6-4-9-18(14(13)2)24-21-19(15-7-5-8-17(10-15)27-3)25-20-16(11-22)12-23-26(20)21/h5,7-8,10,12-14,18,23-24H,4,6,9H2,1-3H3/t13-,14-,18+/m0/s1. The van der Waals surface area contributed by atoms with Crippen molar-refractivity contribution in [1.29, 1.82) is 5.26 Å². The second kappa shape index (κ2) is 6.99. The predicted octanol–water partition coefficient (Wildman–Crippen LogP) is 4.45. The minimum atomic E-state index is 0.381. The van der Waals surface area contributed by atoms with Gasteiger partial charge in [0.15, 0.2) is 11.5 Å². The summed E-state index contributed by atoms with van der Waals surface area (Å²) >= 11 is 0. The Morgan fingerprint density at radius 1 is 1.33 bits per heavy atom. The quantitative estimate of drug-likeness (QED) is 0.718.